The van der Waals surface area contributed by atoms with Crippen molar-refractivity contribution in [2.75, 3.05) is 0 Å². The molecule has 0 unspecified atom stereocenters. The fraction of sp³-hybridized carbons (Fsp3) is 0.667. The van der Waals surface area contributed by atoms with E-state index in [-0.39, 0.29) is 0 Å². The predicted octanol–water partition coefficient (Wildman–Crippen LogP) is 0.498. The van der Waals surface area contributed by atoms with Crippen molar-refractivity contribution in [1.29, 1.82) is 0 Å². The molecule has 2 amide bonds. The van der Waals surface area contributed by atoms with Crippen molar-refractivity contribution in [2.45, 2.75) is 23.7 Å². The Bertz CT molecular complexity index is 344. The minimum atomic E-state index is -6.91. The molecule has 0 aliphatic carbocycles. The first-order chi connectivity index (χ1) is 7.64. The molecule has 106 valence electrons. The summed E-state index contributed by atoms with van der Waals surface area (Å²) < 4.78 is 100. The first-order valence-electron chi connectivity index (χ1n) is 3.75. The van der Waals surface area contributed by atoms with Gasteiger partial charge in [-0.05, 0) is 0 Å². The average molecular weight is 288 g/mol. The third-order valence-corrected chi connectivity index (χ3v) is 1.80. The van der Waals surface area contributed by atoms with Crippen LogP contribution in [0.3, 0.4) is 0 Å². The molecule has 4 nitrogen and oxygen atoms in total. The fourth-order valence-electron chi connectivity index (χ4n) is 0.704. The number of alkyl halides is 8. The number of primary amides is 2. The SMILES string of the molecule is NC(=O)C(F)(F)C(F)(F)C(F)(F)C(F)(F)C(N)=O. The predicted molar refractivity (Wildman–Crippen MR) is 38.2 cm³/mol. The Morgan fingerprint density at radius 3 is 0.889 bits per heavy atom. The molecule has 0 aromatic heterocycles. The zero-order valence-corrected chi connectivity index (χ0v) is 7.99. The van der Waals surface area contributed by atoms with Crippen molar-refractivity contribution in [3.63, 3.8) is 0 Å². The third-order valence-electron chi connectivity index (χ3n) is 1.80. The molecule has 0 fully saturated rings. The molecule has 18 heavy (non-hydrogen) atoms. The molecule has 4 N–H and O–H groups in total. The van der Waals surface area contributed by atoms with Crippen molar-refractivity contribution in [2.24, 2.45) is 11.5 Å². The van der Waals surface area contributed by atoms with Gasteiger partial charge >= 0.3 is 23.7 Å². The van der Waals surface area contributed by atoms with Gasteiger partial charge in [0.05, 0.1) is 0 Å². The molecule has 0 heterocycles. The van der Waals surface area contributed by atoms with Gasteiger partial charge in [-0.2, -0.15) is 35.1 Å². The Balaban J connectivity index is 5.89. The van der Waals surface area contributed by atoms with E-state index < -0.39 is 35.5 Å². The van der Waals surface area contributed by atoms with E-state index in [1.165, 1.54) is 0 Å². The topological polar surface area (TPSA) is 86.2 Å². The molecule has 0 atom stereocenters. The zero-order chi connectivity index (χ0) is 15.2. The van der Waals surface area contributed by atoms with Crippen LogP contribution in [0.15, 0.2) is 0 Å². The van der Waals surface area contributed by atoms with Gasteiger partial charge in [0.1, 0.15) is 0 Å². The van der Waals surface area contributed by atoms with E-state index in [9.17, 15) is 44.7 Å². The summed E-state index contributed by atoms with van der Waals surface area (Å²) in [6.45, 7) is 0. The van der Waals surface area contributed by atoms with Crippen LogP contribution in [0.4, 0.5) is 35.1 Å². The van der Waals surface area contributed by atoms with E-state index in [2.05, 4.69) is 11.5 Å². The van der Waals surface area contributed by atoms with Crippen molar-refractivity contribution in [3.05, 3.63) is 0 Å². The highest BCUT2D eigenvalue weighted by Gasteiger charge is 2.84. The molecule has 0 saturated carbocycles. The highest BCUT2D eigenvalue weighted by atomic mass is 19.4. The zero-order valence-electron chi connectivity index (χ0n) is 7.99. The number of rotatable bonds is 5. The second-order valence-corrected chi connectivity index (χ2v) is 3.03. The minimum Gasteiger partial charge on any atom is -0.364 e. The number of halogens is 8. The number of carbonyl (C=O) groups is 2. The second kappa shape index (κ2) is 3.95. The fourth-order valence-corrected chi connectivity index (χ4v) is 0.704. The summed E-state index contributed by atoms with van der Waals surface area (Å²) in [6, 6.07) is 0. The van der Waals surface area contributed by atoms with E-state index in [1.54, 1.807) is 0 Å². The summed E-state index contributed by atoms with van der Waals surface area (Å²) in [5.41, 5.74) is 7.42. The third kappa shape index (κ3) is 1.84. The summed E-state index contributed by atoms with van der Waals surface area (Å²) in [4.78, 5) is 19.8. The molecule has 0 aliphatic rings. The lowest BCUT2D eigenvalue weighted by Crippen LogP contribution is -2.68. The summed E-state index contributed by atoms with van der Waals surface area (Å²) in [6.07, 6.45) is 0. The van der Waals surface area contributed by atoms with Crippen LogP contribution >= 0.6 is 0 Å². The van der Waals surface area contributed by atoms with Gasteiger partial charge in [-0.25, -0.2) is 0 Å². The van der Waals surface area contributed by atoms with E-state index in [4.69, 9.17) is 0 Å². The number of nitrogens with two attached hydrogens (primary N) is 2. The molecule has 0 saturated heterocycles. The largest absolute Gasteiger partial charge is 0.392 e. The molecule has 0 aromatic rings. The van der Waals surface area contributed by atoms with Gasteiger partial charge in [0.15, 0.2) is 0 Å². The average Bonchev–Trinajstić information content (AvgIpc) is 2.15. The molecule has 0 aliphatic heterocycles. The Kier molecular flexibility index (Phi) is 3.59. The Hall–Kier alpha value is -1.62. The molecule has 0 aromatic carbocycles. The monoisotopic (exact) mass is 288 g/mol. The van der Waals surface area contributed by atoms with Crippen LogP contribution in [-0.2, 0) is 9.59 Å². The van der Waals surface area contributed by atoms with Crippen molar-refractivity contribution in [3.8, 4) is 0 Å². The van der Waals surface area contributed by atoms with Gasteiger partial charge in [0.25, 0.3) is 11.8 Å². The Morgan fingerprint density at radius 1 is 0.611 bits per heavy atom. The summed E-state index contributed by atoms with van der Waals surface area (Å²) in [5.74, 6) is -33.0. The first-order valence-corrected chi connectivity index (χ1v) is 3.75. The highest BCUT2D eigenvalue weighted by Crippen LogP contribution is 2.52. The van der Waals surface area contributed by atoms with Crippen molar-refractivity contribution < 1.29 is 44.7 Å². The van der Waals surface area contributed by atoms with E-state index in [1.807, 2.05) is 0 Å². The van der Waals surface area contributed by atoms with E-state index in [0.29, 0.717) is 0 Å². The van der Waals surface area contributed by atoms with Gasteiger partial charge < -0.3 is 11.5 Å². The van der Waals surface area contributed by atoms with Gasteiger partial charge in [-0.3, -0.25) is 9.59 Å². The quantitative estimate of drug-likeness (QED) is 0.722. The lowest BCUT2D eigenvalue weighted by atomic mass is 9.98. The van der Waals surface area contributed by atoms with Crippen LogP contribution in [0.2, 0.25) is 0 Å². The number of amides is 2. The number of hydrogen-bond acceptors (Lipinski definition) is 2. The van der Waals surface area contributed by atoms with Gasteiger partial charge in [-0.15, -0.1) is 0 Å². The molecular formula is C6H4F8N2O2. The van der Waals surface area contributed by atoms with Crippen LogP contribution in [0.25, 0.3) is 0 Å². The standard InChI is InChI=1S/C6H4F8N2O2/c7-3(8,1(15)17)5(11,12)6(13,14)4(9,10)2(16)18/h(H2,15,17)(H2,16,18). The summed E-state index contributed by atoms with van der Waals surface area (Å²) in [5, 5.41) is 0. The number of hydrogen-bond donors (Lipinski definition) is 2. The van der Waals surface area contributed by atoms with Crippen LogP contribution < -0.4 is 11.5 Å². The van der Waals surface area contributed by atoms with Crippen LogP contribution in [0, 0.1) is 0 Å². The lowest BCUT2D eigenvalue weighted by Gasteiger charge is -2.33. The molecule has 0 radical (unpaired) electrons. The lowest BCUT2D eigenvalue weighted by molar-refractivity contribution is -0.346. The summed E-state index contributed by atoms with van der Waals surface area (Å²) in [7, 11) is 0. The highest BCUT2D eigenvalue weighted by molar-refractivity contribution is 5.85. The van der Waals surface area contributed by atoms with Crippen LogP contribution in [0.1, 0.15) is 0 Å². The molecule has 0 bridgehead atoms. The first kappa shape index (κ1) is 16.4. The van der Waals surface area contributed by atoms with Gasteiger partial charge in [0, 0.05) is 0 Å². The Morgan fingerprint density at radius 2 is 0.778 bits per heavy atom. The molecule has 12 heteroatoms. The molecule has 0 spiro atoms. The van der Waals surface area contributed by atoms with E-state index in [0.717, 1.165) is 0 Å². The van der Waals surface area contributed by atoms with Crippen molar-refractivity contribution in [1.82, 2.24) is 0 Å². The van der Waals surface area contributed by atoms with Crippen molar-refractivity contribution >= 4 is 11.8 Å². The molecule has 0 rings (SSSR count). The smallest absolute Gasteiger partial charge is 0.364 e. The van der Waals surface area contributed by atoms with Gasteiger partial charge in [0.2, 0.25) is 0 Å². The summed E-state index contributed by atoms with van der Waals surface area (Å²) >= 11 is 0. The van der Waals surface area contributed by atoms with Gasteiger partial charge in [-0.1, -0.05) is 0 Å². The van der Waals surface area contributed by atoms with Crippen LogP contribution in [-0.4, -0.2) is 35.5 Å². The van der Waals surface area contributed by atoms with E-state index >= 15 is 0 Å². The molecular weight excluding hydrogens is 284 g/mol. The normalized spacial score (nSPS) is 14.4. The Labute approximate surface area is 92.9 Å². The maximum absolute atomic E-state index is 12.6. The second-order valence-electron chi connectivity index (χ2n) is 3.03. The maximum Gasteiger partial charge on any atom is 0.392 e. The van der Waals surface area contributed by atoms with Crippen LogP contribution in [0.5, 0.6) is 0 Å². The number of carbonyl (C=O) groups excluding carboxylic acids is 2. The maximum atomic E-state index is 12.6. The minimum absolute atomic E-state index is 3.27.